The van der Waals surface area contributed by atoms with Crippen LogP contribution >= 0.6 is 11.3 Å². The summed E-state index contributed by atoms with van der Waals surface area (Å²) in [5, 5.41) is 30.3. The Labute approximate surface area is 101 Å². The molecule has 1 unspecified atom stereocenters. The minimum Gasteiger partial charge on any atom is -0.481 e. The lowest BCUT2D eigenvalue weighted by molar-refractivity contribution is -0.141. The molecule has 1 aromatic rings. The van der Waals surface area contributed by atoms with Gasteiger partial charge in [-0.15, -0.1) is 10.2 Å². The number of hydrogen-bond donors (Lipinski definition) is 4. The van der Waals surface area contributed by atoms with Gasteiger partial charge in [0.1, 0.15) is 5.51 Å². The van der Waals surface area contributed by atoms with Crippen molar-refractivity contribution in [1.29, 1.82) is 0 Å². The third-order valence-corrected chi connectivity index (χ3v) is 2.35. The highest BCUT2D eigenvalue weighted by atomic mass is 32.1. The number of carbonyl (C=O) groups is 2. The van der Waals surface area contributed by atoms with Gasteiger partial charge in [-0.25, -0.2) is 4.79 Å². The molecule has 2 amide bonds. The quantitative estimate of drug-likeness (QED) is 0.585. The molecule has 94 valence electrons. The third-order valence-electron chi connectivity index (χ3n) is 1.74. The standard InChI is InChI=1S/C8H12N4O4S/c1-8(16,2-5(13)14)3-9-6(15)11-7-12-10-4-17-7/h4,16H,2-3H2,1H3,(H,13,14)(H2,9,11,12,15). The maximum Gasteiger partial charge on any atom is 0.321 e. The number of carbonyl (C=O) groups excluding carboxylic acids is 1. The van der Waals surface area contributed by atoms with Crippen molar-refractivity contribution in [3.8, 4) is 0 Å². The number of hydrogen-bond acceptors (Lipinski definition) is 6. The van der Waals surface area contributed by atoms with Crippen LogP contribution in [-0.2, 0) is 4.79 Å². The molecule has 4 N–H and O–H groups in total. The van der Waals surface area contributed by atoms with Crippen molar-refractivity contribution in [2.24, 2.45) is 0 Å². The first-order valence-electron chi connectivity index (χ1n) is 4.64. The highest BCUT2D eigenvalue weighted by Crippen LogP contribution is 2.09. The fourth-order valence-electron chi connectivity index (χ4n) is 1.03. The predicted molar refractivity (Wildman–Crippen MR) is 59.8 cm³/mol. The van der Waals surface area contributed by atoms with E-state index in [2.05, 4.69) is 20.8 Å². The molecular formula is C8H12N4O4S. The summed E-state index contributed by atoms with van der Waals surface area (Å²) in [7, 11) is 0. The largest absolute Gasteiger partial charge is 0.481 e. The highest BCUT2D eigenvalue weighted by molar-refractivity contribution is 7.13. The van der Waals surface area contributed by atoms with E-state index in [4.69, 9.17) is 5.11 Å². The van der Waals surface area contributed by atoms with Crippen LogP contribution in [0.25, 0.3) is 0 Å². The molecule has 0 aliphatic rings. The minimum atomic E-state index is -1.50. The number of aromatic nitrogens is 2. The average molecular weight is 260 g/mol. The van der Waals surface area contributed by atoms with Crippen LogP contribution in [0.15, 0.2) is 5.51 Å². The van der Waals surface area contributed by atoms with E-state index < -0.39 is 24.0 Å². The van der Waals surface area contributed by atoms with Gasteiger partial charge in [0.05, 0.1) is 12.0 Å². The molecule has 0 fully saturated rings. The Morgan fingerprint density at radius 1 is 1.59 bits per heavy atom. The number of carboxylic acids is 1. The van der Waals surface area contributed by atoms with Crippen LogP contribution in [-0.4, -0.2) is 44.6 Å². The van der Waals surface area contributed by atoms with Crippen LogP contribution in [0.4, 0.5) is 9.93 Å². The Morgan fingerprint density at radius 2 is 2.29 bits per heavy atom. The van der Waals surface area contributed by atoms with Gasteiger partial charge in [-0.05, 0) is 6.92 Å². The van der Waals surface area contributed by atoms with Crippen molar-refractivity contribution in [3.05, 3.63) is 5.51 Å². The first kappa shape index (κ1) is 13.3. The number of carboxylic acid groups (broad SMARTS) is 1. The van der Waals surface area contributed by atoms with Gasteiger partial charge in [-0.2, -0.15) is 0 Å². The Morgan fingerprint density at radius 3 is 2.82 bits per heavy atom. The first-order chi connectivity index (χ1) is 7.89. The number of nitrogens with one attached hydrogen (secondary N) is 2. The molecule has 0 spiro atoms. The Hall–Kier alpha value is -1.74. The van der Waals surface area contributed by atoms with E-state index in [1.54, 1.807) is 0 Å². The summed E-state index contributed by atoms with van der Waals surface area (Å²) in [6, 6.07) is -0.576. The van der Waals surface area contributed by atoms with Crippen LogP contribution in [0.1, 0.15) is 13.3 Å². The van der Waals surface area contributed by atoms with E-state index >= 15 is 0 Å². The molecule has 9 heteroatoms. The Bertz CT molecular complexity index is 392. The van der Waals surface area contributed by atoms with Crippen LogP contribution in [0.3, 0.4) is 0 Å². The summed E-state index contributed by atoms with van der Waals surface area (Å²) in [6.45, 7) is 1.15. The van der Waals surface area contributed by atoms with E-state index in [1.165, 1.54) is 12.4 Å². The smallest absolute Gasteiger partial charge is 0.321 e. The van der Waals surface area contributed by atoms with Crippen LogP contribution in [0.2, 0.25) is 0 Å². The second-order valence-electron chi connectivity index (χ2n) is 3.62. The number of anilines is 1. The van der Waals surface area contributed by atoms with Gasteiger partial charge in [-0.1, -0.05) is 11.3 Å². The van der Waals surface area contributed by atoms with Crippen LogP contribution in [0, 0.1) is 0 Å². The number of aliphatic carboxylic acids is 1. The van der Waals surface area contributed by atoms with Crippen molar-refractivity contribution in [1.82, 2.24) is 15.5 Å². The minimum absolute atomic E-state index is 0.177. The molecule has 1 heterocycles. The van der Waals surface area contributed by atoms with Gasteiger partial charge in [-0.3, -0.25) is 10.1 Å². The van der Waals surface area contributed by atoms with Crippen molar-refractivity contribution in [2.75, 3.05) is 11.9 Å². The molecule has 0 aliphatic heterocycles. The normalized spacial score (nSPS) is 13.8. The van der Waals surface area contributed by atoms with Gasteiger partial charge in [0.2, 0.25) is 5.13 Å². The predicted octanol–water partition coefficient (Wildman–Crippen LogP) is -0.115. The van der Waals surface area contributed by atoms with Gasteiger partial charge in [0, 0.05) is 6.54 Å². The molecule has 0 saturated heterocycles. The summed E-state index contributed by atoms with van der Waals surface area (Å²) in [4.78, 5) is 21.7. The second-order valence-corrected chi connectivity index (χ2v) is 4.45. The lowest BCUT2D eigenvalue weighted by Gasteiger charge is -2.21. The maximum absolute atomic E-state index is 11.3. The van der Waals surface area contributed by atoms with Crippen molar-refractivity contribution in [3.63, 3.8) is 0 Å². The molecule has 0 aromatic carbocycles. The maximum atomic E-state index is 11.3. The van der Waals surface area contributed by atoms with Gasteiger partial charge < -0.3 is 15.5 Å². The van der Waals surface area contributed by atoms with Gasteiger partial charge >= 0.3 is 12.0 Å². The number of urea groups is 1. The zero-order valence-electron chi connectivity index (χ0n) is 9.01. The van der Waals surface area contributed by atoms with E-state index in [0.29, 0.717) is 5.13 Å². The number of nitrogens with zero attached hydrogens (tertiary/aromatic N) is 2. The fraction of sp³-hybridized carbons (Fsp3) is 0.500. The van der Waals surface area contributed by atoms with E-state index in [0.717, 1.165) is 11.3 Å². The molecule has 1 atom stereocenters. The Balaban J connectivity index is 2.35. The molecule has 0 bridgehead atoms. The molecule has 0 saturated carbocycles. The topological polar surface area (TPSA) is 124 Å². The van der Waals surface area contributed by atoms with Gasteiger partial charge in [0.15, 0.2) is 0 Å². The lowest BCUT2D eigenvalue weighted by Crippen LogP contribution is -2.43. The number of rotatable bonds is 5. The molecule has 1 aromatic heterocycles. The summed E-state index contributed by atoms with van der Waals surface area (Å²) in [5.41, 5.74) is -0.0412. The zero-order valence-corrected chi connectivity index (χ0v) is 9.82. The van der Waals surface area contributed by atoms with Crippen molar-refractivity contribution >= 4 is 28.5 Å². The zero-order chi connectivity index (χ0) is 12.9. The van der Waals surface area contributed by atoms with Crippen molar-refractivity contribution in [2.45, 2.75) is 18.9 Å². The number of amides is 2. The third kappa shape index (κ3) is 5.22. The summed E-state index contributed by atoms with van der Waals surface area (Å²) >= 11 is 1.14. The monoisotopic (exact) mass is 260 g/mol. The summed E-state index contributed by atoms with van der Waals surface area (Å²) in [5.74, 6) is -1.14. The SMILES string of the molecule is CC(O)(CNC(=O)Nc1nncs1)CC(=O)O. The van der Waals surface area contributed by atoms with E-state index in [1.807, 2.05) is 0 Å². The van der Waals surface area contributed by atoms with Crippen LogP contribution in [0.5, 0.6) is 0 Å². The molecule has 8 nitrogen and oxygen atoms in total. The lowest BCUT2D eigenvalue weighted by atomic mass is 10.0. The Kier molecular flexibility index (Phi) is 4.35. The summed E-state index contributed by atoms with van der Waals surface area (Å²) < 4.78 is 0. The average Bonchev–Trinajstić information content (AvgIpc) is 2.65. The first-order valence-corrected chi connectivity index (χ1v) is 5.52. The molecule has 17 heavy (non-hydrogen) atoms. The highest BCUT2D eigenvalue weighted by Gasteiger charge is 2.24. The summed E-state index contributed by atoms with van der Waals surface area (Å²) in [6.07, 6.45) is -0.452. The second kappa shape index (κ2) is 5.55. The molecule has 0 aliphatic carbocycles. The van der Waals surface area contributed by atoms with E-state index in [-0.39, 0.29) is 6.54 Å². The molecular weight excluding hydrogens is 248 g/mol. The fourth-order valence-corrected chi connectivity index (χ4v) is 1.47. The number of aliphatic hydroxyl groups is 1. The van der Waals surface area contributed by atoms with E-state index in [9.17, 15) is 14.7 Å². The molecule has 0 radical (unpaired) electrons. The van der Waals surface area contributed by atoms with Gasteiger partial charge in [0.25, 0.3) is 0 Å². The van der Waals surface area contributed by atoms with Crippen molar-refractivity contribution < 1.29 is 19.8 Å². The molecule has 1 rings (SSSR count). The van der Waals surface area contributed by atoms with Crippen LogP contribution < -0.4 is 10.6 Å².